The highest BCUT2D eigenvalue weighted by Gasteiger charge is 2.15. The van der Waals surface area contributed by atoms with Gasteiger partial charge in [0.15, 0.2) is 5.82 Å². The van der Waals surface area contributed by atoms with Crippen LogP contribution in [0.3, 0.4) is 0 Å². The maximum atomic E-state index is 4.57. The monoisotopic (exact) mass is 285 g/mol. The van der Waals surface area contributed by atoms with E-state index in [9.17, 15) is 0 Å². The Labute approximate surface area is 126 Å². The van der Waals surface area contributed by atoms with Gasteiger partial charge in [0.2, 0.25) is 5.95 Å². The lowest BCUT2D eigenvalue weighted by Gasteiger charge is -2.26. The Bertz CT molecular complexity index is 554. The van der Waals surface area contributed by atoms with Crippen molar-refractivity contribution in [2.75, 3.05) is 10.2 Å². The minimum Gasteiger partial charge on any atom is -0.366 e. The molecule has 0 atom stereocenters. The number of nitrogens with zero attached hydrogens (tertiary/aromatic N) is 4. The van der Waals surface area contributed by atoms with Crippen LogP contribution in [0.25, 0.3) is 0 Å². The van der Waals surface area contributed by atoms with Crippen LogP contribution in [-0.2, 0) is 6.54 Å². The van der Waals surface area contributed by atoms with Gasteiger partial charge in [0, 0.05) is 18.6 Å². The first-order chi connectivity index (χ1) is 10.1. The number of benzene rings is 1. The first-order valence-corrected chi connectivity index (χ1v) is 7.33. The Morgan fingerprint density at radius 1 is 1.10 bits per heavy atom. The van der Waals surface area contributed by atoms with Crippen molar-refractivity contribution in [2.24, 2.45) is 0 Å². The topological polar surface area (TPSA) is 53.9 Å². The fraction of sp³-hybridized carbons (Fsp3) is 0.438. The zero-order chi connectivity index (χ0) is 15.2. The van der Waals surface area contributed by atoms with Crippen molar-refractivity contribution in [1.29, 1.82) is 0 Å². The van der Waals surface area contributed by atoms with Gasteiger partial charge in [-0.3, -0.25) is 0 Å². The van der Waals surface area contributed by atoms with Crippen molar-refractivity contribution in [1.82, 2.24) is 15.2 Å². The summed E-state index contributed by atoms with van der Waals surface area (Å²) >= 11 is 0. The van der Waals surface area contributed by atoms with Crippen LogP contribution in [0, 0.1) is 0 Å². The lowest BCUT2D eigenvalue weighted by Crippen LogP contribution is -2.32. The van der Waals surface area contributed by atoms with Gasteiger partial charge in [-0.15, -0.1) is 5.10 Å². The van der Waals surface area contributed by atoms with E-state index in [2.05, 4.69) is 65.2 Å². The van der Waals surface area contributed by atoms with Gasteiger partial charge < -0.3 is 10.2 Å². The molecule has 2 rings (SSSR count). The SMILES string of the molecule is CC(C)Nc1cnnc(N(Cc2ccccc2)C(C)C)n1. The highest BCUT2D eigenvalue weighted by Crippen LogP contribution is 2.16. The van der Waals surface area contributed by atoms with E-state index in [1.807, 2.05) is 18.2 Å². The molecule has 5 nitrogen and oxygen atoms in total. The molecule has 5 heteroatoms. The van der Waals surface area contributed by atoms with E-state index in [0.29, 0.717) is 18.0 Å². The minimum atomic E-state index is 0.293. The van der Waals surface area contributed by atoms with Crippen LogP contribution in [0.4, 0.5) is 11.8 Å². The van der Waals surface area contributed by atoms with Gasteiger partial charge in [0.25, 0.3) is 0 Å². The number of rotatable bonds is 6. The molecule has 0 aliphatic heterocycles. The van der Waals surface area contributed by atoms with Gasteiger partial charge in [-0.1, -0.05) is 30.3 Å². The fourth-order valence-corrected chi connectivity index (χ4v) is 2.05. The molecule has 0 aliphatic rings. The lowest BCUT2D eigenvalue weighted by atomic mass is 10.2. The van der Waals surface area contributed by atoms with Gasteiger partial charge in [-0.25, -0.2) is 0 Å². The van der Waals surface area contributed by atoms with Crippen LogP contribution >= 0.6 is 0 Å². The molecule has 112 valence electrons. The molecule has 0 saturated heterocycles. The third-order valence-electron chi connectivity index (χ3n) is 3.06. The van der Waals surface area contributed by atoms with Crippen LogP contribution in [-0.4, -0.2) is 27.3 Å². The molecule has 2 aromatic rings. The predicted octanol–water partition coefficient (Wildman–Crippen LogP) is 3.11. The molecule has 0 unspecified atom stereocenters. The fourth-order valence-electron chi connectivity index (χ4n) is 2.05. The molecular formula is C16H23N5. The highest BCUT2D eigenvalue weighted by atomic mass is 15.3. The third kappa shape index (κ3) is 4.41. The van der Waals surface area contributed by atoms with Crippen molar-refractivity contribution < 1.29 is 0 Å². The Balaban J connectivity index is 2.22. The molecule has 0 aliphatic carbocycles. The molecule has 21 heavy (non-hydrogen) atoms. The molecule has 1 N–H and O–H groups in total. The summed E-state index contributed by atoms with van der Waals surface area (Å²) in [4.78, 5) is 6.72. The Morgan fingerprint density at radius 2 is 1.81 bits per heavy atom. The number of anilines is 2. The van der Waals surface area contributed by atoms with E-state index in [1.165, 1.54) is 5.56 Å². The number of aromatic nitrogens is 3. The summed E-state index contributed by atoms with van der Waals surface area (Å²) in [7, 11) is 0. The summed E-state index contributed by atoms with van der Waals surface area (Å²) < 4.78 is 0. The average molecular weight is 285 g/mol. The Kier molecular flexibility index (Phi) is 5.09. The second kappa shape index (κ2) is 7.02. The zero-order valence-electron chi connectivity index (χ0n) is 13.1. The van der Waals surface area contributed by atoms with Crippen LogP contribution in [0.5, 0.6) is 0 Å². The van der Waals surface area contributed by atoms with Crippen molar-refractivity contribution in [2.45, 2.75) is 46.3 Å². The molecule has 0 amide bonds. The van der Waals surface area contributed by atoms with Crippen LogP contribution in [0.1, 0.15) is 33.3 Å². The Morgan fingerprint density at radius 3 is 2.43 bits per heavy atom. The maximum Gasteiger partial charge on any atom is 0.247 e. The summed E-state index contributed by atoms with van der Waals surface area (Å²) in [6.45, 7) is 9.19. The van der Waals surface area contributed by atoms with E-state index in [4.69, 9.17) is 0 Å². The van der Waals surface area contributed by atoms with E-state index < -0.39 is 0 Å². The third-order valence-corrected chi connectivity index (χ3v) is 3.06. The first kappa shape index (κ1) is 15.2. The normalized spacial score (nSPS) is 11.0. The summed E-state index contributed by atoms with van der Waals surface area (Å²) in [6.07, 6.45) is 1.66. The van der Waals surface area contributed by atoms with E-state index in [1.54, 1.807) is 6.20 Å². The molecule has 0 radical (unpaired) electrons. The van der Waals surface area contributed by atoms with Crippen LogP contribution < -0.4 is 10.2 Å². The second-order valence-corrected chi connectivity index (χ2v) is 5.65. The number of hydrogen-bond acceptors (Lipinski definition) is 5. The maximum absolute atomic E-state index is 4.57. The molecule has 0 saturated carbocycles. The molecule has 1 aromatic heterocycles. The van der Waals surface area contributed by atoms with Gasteiger partial charge in [0.05, 0.1) is 6.20 Å². The predicted molar refractivity (Wildman–Crippen MR) is 86.3 cm³/mol. The zero-order valence-corrected chi connectivity index (χ0v) is 13.1. The van der Waals surface area contributed by atoms with Crippen molar-refractivity contribution in [3.05, 3.63) is 42.1 Å². The van der Waals surface area contributed by atoms with E-state index in [0.717, 1.165) is 12.4 Å². The van der Waals surface area contributed by atoms with Gasteiger partial charge >= 0.3 is 0 Å². The molecule has 0 fully saturated rings. The molecule has 1 heterocycles. The van der Waals surface area contributed by atoms with Gasteiger partial charge in [-0.05, 0) is 33.3 Å². The minimum absolute atomic E-state index is 0.293. The Hall–Kier alpha value is -2.17. The molecule has 0 bridgehead atoms. The van der Waals surface area contributed by atoms with E-state index >= 15 is 0 Å². The highest BCUT2D eigenvalue weighted by molar-refractivity contribution is 5.40. The summed E-state index contributed by atoms with van der Waals surface area (Å²) in [6, 6.07) is 10.9. The van der Waals surface area contributed by atoms with Crippen LogP contribution in [0.15, 0.2) is 36.5 Å². The molecule has 1 aromatic carbocycles. The van der Waals surface area contributed by atoms with Gasteiger partial charge in [-0.2, -0.15) is 10.1 Å². The summed E-state index contributed by atoms with van der Waals surface area (Å²) in [5.74, 6) is 1.41. The number of hydrogen-bond donors (Lipinski definition) is 1. The largest absolute Gasteiger partial charge is 0.366 e. The molecular weight excluding hydrogens is 262 g/mol. The summed E-state index contributed by atoms with van der Waals surface area (Å²) in [5, 5.41) is 11.5. The van der Waals surface area contributed by atoms with Crippen molar-refractivity contribution in [3.63, 3.8) is 0 Å². The first-order valence-electron chi connectivity index (χ1n) is 7.33. The number of nitrogens with one attached hydrogen (secondary N) is 1. The second-order valence-electron chi connectivity index (χ2n) is 5.65. The standard InChI is InChI=1S/C16H23N5/c1-12(2)18-15-10-17-20-16(19-15)21(13(3)4)11-14-8-6-5-7-9-14/h5-10,12-13H,11H2,1-4H3,(H,18,19,20). The lowest BCUT2D eigenvalue weighted by molar-refractivity contribution is 0.652. The average Bonchev–Trinajstić information content (AvgIpc) is 2.45. The van der Waals surface area contributed by atoms with Crippen LogP contribution in [0.2, 0.25) is 0 Å². The summed E-state index contributed by atoms with van der Waals surface area (Å²) in [5.41, 5.74) is 1.23. The van der Waals surface area contributed by atoms with Gasteiger partial charge in [0.1, 0.15) is 0 Å². The molecule has 0 spiro atoms. The smallest absolute Gasteiger partial charge is 0.247 e. The van der Waals surface area contributed by atoms with E-state index in [-0.39, 0.29) is 0 Å². The van der Waals surface area contributed by atoms with Crippen molar-refractivity contribution in [3.8, 4) is 0 Å². The van der Waals surface area contributed by atoms with Crippen molar-refractivity contribution >= 4 is 11.8 Å². The quantitative estimate of drug-likeness (QED) is 0.884.